The predicted molar refractivity (Wildman–Crippen MR) is 36.2 cm³/mol. The first-order valence-corrected chi connectivity index (χ1v) is 2.82. The van der Waals surface area contributed by atoms with Gasteiger partial charge >= 0.3 is 0 Å². The Labute approximate surface area is 51.0 Å². The number of nitrogens with zero attached hydrogens (tertiary/aromatic N) is 1. The van der Waals surface area contributed by atoms with Gasteiger partial charge in [0.1, 0.15) is 0 Å². The molecule has 0 spiro atoms. The Morgan fingerprint density at radius 2 is 2.25 bits per heavy atom. The van der Waals surface area contributed by atoms with Gasteiger partial charge in [0.2, 0.25) is 0 Å². The van der Waals surface area contributed by atoms with Crippen molar-refractivity contribution >= 4 is 0 Å². The van der Waals surface area contributed by atoms with E-state index in [0.29, 0.717) is 0 Å². The van der Waals surface area contributed by atoms with E-state index < -0.39 is 0 Å². The van der Waals surface area contributed by atoms with Gasteiger partial charge in [-0.3, -0.25) is 0 Å². The maximum Gasteiger partial charge on any atom is 0.0256 e. The lowest BCUT2D eigenvalue weighted by Crippen LogP contribution is -2.15. The molecule has 8 heavy (non-hydrogen) atoms. The van der Waals surface area contributed by atoms with E-state index in [1.54, 1.807) is 6.20 Å². The second kappa shape index (κ2) is 3.36. The van der Waals surface area contributed by atoms with Crippen LogP contribution in [0.1, 0.15) is 13.8 Å². The van der Waals surface area contributed by atoms with Gasteiger partial charge in [0.25, 0.3) is 0 Å². The Bertz CT molecular complexity index is 86.5. The zero-order chi connectivity index (χ0) is 6.57. The molecule has 0 aliphatic rings. The molecular weight excluding hydrogens is 100 g/mol. The summed E-state index contributed by atoms with van der Waals surface area (Å²) in [7, 11) is 2.01. The second-order valence-corrected chi connectivity index (χ2v) is 1.82. The molecule has 0 aromatic carbocycles. The first-order chi connectivity index (χ1) is 3.72. The Balaban J connectivity index is 3.63. The molecule has 0 aromatic heterocycles. The predicted octanol–water partition coefficient (Wildman–Crippen LogP) is 0.758. The molecule has 0 aliphatic carbocycles. The number of hydrogen-bond acceptors (Lipinski definition) is 2. The summed E-state index contributed by atoms with van der Waals surface area (Å²) in [5.41, 5.74) is 6.36. The number of rotatable bonds is 2. The molecule has 0 aromatic rings. The molecule has 48 valence electrons. The van der Waals surface area contributed by atoms with E-state index in [0.717, 1.165) is 12.2 Å². The zero-order valence-corrected chi connectivity index (χ0v) is 5.81. The summed E-state index contributed by atoms with van der Waals surface area (Å²) >= 11 is 0. The van der Waals surface area contributed by atoms with E-state index in [9.17, 15) is 0 Å². The third kappa shape index (κ3) is 1.87. The van der Waals surface area contributed by atoms with Gasteiger partial charge in [-0.05, 0) is 13.8 Å². The van der Waals surface area contributed by atoms with Crippen molar-refractivity contribution in [3.05, 3.63) is 11.9 Å². The van der Waals surface area contributed by atoms with Gasteiger partial charge in [0, 0.05) is 25.5 Å². The first kappa shape index (κ1) is 7.34. The van der Waals surface area contributed by atoms with E-state index >= 15 is 0 Å². The third-order valence-corrected chi connectivity index (χ3v) is 1.32. The van der Waals surface area contributed by atoms with Crippen LogP contribution in [-0.4, -0.2) is 18.5 Å². The standard InChI is InChI=1S/C6H14N2/c1-4-8(3)6(2)5-7/h5H,4,7H2,1-3H3/b6-5+. The van der Waals surface area contributed by atoms with Gasteiger partial charge in [-0.2, -0.15) is 0 Å². The fourth-order valence-corrected chi connectivity index (χ4v) is 0.377. The van der Waals surface area contributed by atoms with Crippen LogP contribution in [0.2, 0.25) is 0 Å². The van der Waals surface area contributed by atoms with Crippen LogP contribution in [0.25, 0.3) is 0 Å². The quantitative estimate of drug-likeness (QED) is 0.574. The summed E-state index contributed by atoms with van der Waals surface area (Å²) in [5.74, 6) is 0. The van der Waals surface area contributed by atoms with Crippen molar-refractivity contribution in [1.82, 2.24) is 4.90 Å². The Morgan fingerprint density at radius 1 is 1.75 bits per heavy atom. The minimum Gasteiger partial charge on any atom is -0.403 e. The minimum absolute atomic E-state index is 1.01. The minimum atomic E-state index is 1.01. The molecule has 2 N–H and O–H groups in total. The lowest BCUT2D eigenvalue weighted by molar-refractivity contribution is 0.442. The van der Waals surface area contributed by atoms with Crippen LogP contribution in [0.5, 0.6) is 0 Å². The van der Waals surface area contributed by atoms with Crippen LogP contribution >= 0.6 is 0 Å². The maximum absolute atomic E-state index is 5.24. The van der Waals surface area contributed by atoms with Crippen LogP contribution in [-0.2, 0) is 0 Å². The molecule has 0 bridgehead atoms. The van der Waals surface area contributed by atoms with Gasteiger partial charge in [-0.25, -0.2) is 0 Å². The van der Waals surface area contributed by atoms with Crippen LogP contribution in [0.4, 0.5) is 0 Å². The second-order valence-electron chi connectivity index (χ2n) is 1.82. The largest absolute Gasteiger partial charge is 0.403 e. The highest BCUT2D eigenvalue weighted by Gasteiger charge is 1.89. The summed E-state index contributed by atoms with van der Waals surface area (Å²) in [4.78, 5) is 2.08. The molecule has 0 atom stereocenters. The van der Waals surface area contributed by atoms with E-state index in [1.807, 2.05) is 14.0 Å². The van der Waals surface area contributed by atoms with E-state index in [1.165, 1.54) is 0 Å². The molecule has 0 saturated heterocycles. The smallest absolute Gasteiger partial charge is 0.0256 e. The maximum atomic E-state index is 5.24. The number of hydrogen-bond donors (Lipinski definition) is 1. The molecule has 0 rings (SSSR count). The van der Waals surface area contributed by atoms with Crippen LogP contribution in [0.3, 0.4) is 0 Å². The first-order valence-electron chi connectivity index (χ1n) is 2.82. The molecule has 0 fully saturated rings. The Morgan fingerprint density at radius 3 is 2.38 bits per heavy atom. The van der Waals surface area contributed by atoms with E-state index in [-0.39, 0.29) is 0 Å². The molecule has 0 amide bonds. The zero-order valence-electron chi connectivity index (χ0n) is 5.81. The molecule has 0 heterocycles. The SMILES string of the molecule is CCN(C)/C(C)=C/N. The van der Waals surface area contributed by atoms with Crippen molar-refractivity contribution in [1.29, 1.82) is 0 Å². The average molecular weight is 114 g/mol. The topological polar surface area (TPSA) is 29.3 Å². The Hall–Kier alpha value is -0.660. The van der Waals surface area contributed by atoms with Gasteiger partial charge < -0.3 is 10.6 Å². The van der Waals surface area contributed by atoms with Crippen molar-refractivity contribution in [2.75, 3.05) is 13.6 Å². The van der Waals surface area contributed by atoms with Gasteiger partial charge in [0.15, 0.2) is 0 Å². The Kier molecular flexibility index (Phi) is 3.08. The summed E-state index contributed by atoms with van der Waals surface area (Å²) in [6.07, 6.45) is 1.61. The molecule has 0 radical (unpaired) electrons. The average Bonchev–Trinajstić information content (AvgIpc) is 1.84. The molecule has 0 aliphatic heterocycles. The number of allylic oxidation sites excluding steroid dienone is 1. The number of nitrogens with two attached hydrogens (primary N) is 1. The van der Waals surface area contributed by atoms with Crippen molar-refractivity contribution in [2.24, 2.45) is 5.73 Å². The lowest BCUT2D eigenvalue weighted by atomic mass is 10.4. The van der Waals surface area contributed by atoms with Crippen LogP contribution in [0, 0.1) is 0 Å². The van der Waals surface area contributed by atoms with Crippen molar-refractivity contribution in [2.45, 2.75) is 13.8 Å². The summed E-state index contributed by atoms with van der Waals surface area (Å²) < 4.78 is 0. The monoisotopic (exact) mass is 114 g/mol. The summed E-state index contributed by atoms with van der Waals surface area (Å²) in [5, 5.41) is 0. The highest BCUT2D eigenvalue weighted by Crippen LogP contribution is 1.94. The third-order valence-electron chi connectivity index (χ3n) is 1.32. The molecule has 0 unspecified atom stereocenters. The van der Waals surface area contributed by atoms with Crippen LogP contribution < -0.4 is 5.73 Å². The van der Waals surface area contributed by atoms with Gasteiger partial charge in [-0.1, -0.05) is 0 Å². The molecule has 2 nitrogen and oxygen atoms in total. The van der Waals surface area contributed by atoms with Gasteiger partial charge in [-0.15, -0.1) is 0 Å². The summed E-state index contributed by atoms with van der Waals surface area (Å²) in [6, 6.07) is 0. The van der Waals surface area contributed by atoms with Crippen molar-refractivity contribution in [3.63, 3.8) is 0 Å². The fourth-order valence-electron chi connectivity index (χ4n) is 0.377. The van der Waals surface area contributed by atoms with Crippen LogP contribution in [0.15, 0.2) is 11.9 Å². The fraction of sp³-hybridized carbons (Fsp3) is 0.667. The van der Waals surface area contributed by atoms with Crippen molar-refractivity contribution in [3.8, 4) is 0 Å². The molecule has 2 heteroatoms. The highest BCUT2D eigenvalue weighted by atomic mass is 15.1. The molecular formula is C6H14N2. The lowest BCUT2D eigenvalue weighted by Gasteiger charge is -2.15. The highest BCUT2D eigenvalue weighted by molar-refractivity contribution is 4.91. The van der Waals surface area contributed by atoms with E-state index in [4.69, 9.17) is 5.73 Å². The van der Waals surface area contributed by atoms with E-state index in [2.05, 4.69) is 11.8 Å². The van der Waals surface area contributed by atoms with Gasteiger partial charge in [0.05, 0.1) is 0 Å². The summed E-state index contributed by atoms with van der Waals surface area (Å²) in [6.45, 7) is 5.09. The normalized spacial score (nSPS) is 11.6. The van der Waals surface area contributed by atoms with Crippen molar-refractivity contribution < 1.29 is 0 Å². The molecule has 0 saturated carbocycles.